The summed E-state index contributed by atoms with van der Waals surface area (Å²) < 4.78 is 15.7. The normalized spacial score (nSPS) is 10.5. The average Bonchev–Trinajstić information content (AvgIpc) is 3.08. The molecule has 0 aliphatic carbocycles. The number of thiophene rings is 1. The van der Waals surface area contributed by atoms with Gasteiger partial charge in [0.2, 0.25) is 0 Å². The second-order valence-corrected chi connectivity index (χ2v) is 7.57. The summed E-state index contributed by atoms with van der Waals surface area (Å²) in [6.07, 6.45) is 0. The van der Waals surface area contributed by atoms with Gasteiger partial charge >= 0.3 is 11.9 Å². The minimum atomic E-state index is -0.613. The number of esters is 2. The fourth-order valence-corrected chi connectivity index (χ4v) is 4.12. The first-order valence-electron chi connectivity index (χ1n) is 9.83. The highest BCUT2D eigenvalue weighted by atomic mass is 32.1. The van der Waals surface area contributed by atoms with E-state index in [4.69, 9.17) is 14.2 Å². The van der Waals surface area contributed by atoms with Crippen LogP contribution in [0.15, 0.2) is 42.5 Å². The first-order chi connectivity index (χ1) is 14.9. The lowest BCUT2D eigenvalue weighted by molar-refractivity contribution is -0.118. The maximum atomic E-state index is 12.5. The number of amides is 1. The van der Waals surface area contributed by atoms with Crippen LogP contribution in [0.25, 0.3) is 10.8 Å². The summed E-state index contributed by atoms with van der Waals surface area (Å²) in [6.45, 7) is 5.11. The van der Waals surface area contributed by atoms with Crippen molar-refractivity contribution in [2.45, 2.75) is 20.8 Å². The number of anilines is 1. The van der Waals surface area contributed by atoms with Crippen molar-refractivity contribution < 1.29 is 28.6 Å². The molecule has 2 aromatic carbocycles. The molecule has 8 heteroatoms. The van der Waals surface area contributed by atoms with Gasteiger partial charge < -0.3 is 19.5 Å². The number of carbonyl (C=O) groups is 3. The molecule has 0 bridgehead atoms. The number of carbonyl (C=O) groups excluding carboxylic acids is 3. The van der Waals surface area contributed by atoms with Crippen LogP contribution >= 0.6 is 11.3 Å². The number of fused-ring (bicyclic) bond motifs is 1. The zero-order chi connectivity index (χ0) is 22.4. The molecule has 31 heavy (non-hydrogen) atoms. The van der Waals surface area contributed by atoms with E-state index in [0.717, 1.165) is 22.1 Å². The molecular formula is C23H23NO6S. The summed E-state index contributed by atoms with van der Waals surface area (Å²) in [7, 11) is 0. The van der Waals surface area contributed by atoms with Crippen LogP contribution in [0.2, 0.25) is 0 Å². The molecule has 1 N–H and O–H groups in total. The molecule has 1 amide bonds. The molecule has 1 aromatic heterocycles. The predicted molar refractivity (Wildman–Crippen MR) is 119 cm³/mol. The summed E-state index contributed by atoms with van der Waals surface area (Å²) in [4.78, 5) is 37.4. The second-order valence-electron chi connectivity index (χ2n) is 6.55. The molecule has 7 nitrogen and oxygen atoms in total. The van der Waals surface area contributed by atoms with Gasteiger partial charge in [-0.15, -0.1) is 11.3 Å². The molecule has 0 fully saturated rings. The quantitative estimate of drug-likeness (QED) is 0.515. The Morgan fingerprint density at radius 1 is 0.935 bits per heavy atom. The van der Waals surface area contributed by atoms with Crippen molar-refractivity contribution in [3.8, 4) is 5.75 Å². The van der Waals surface area contributed by atoms with Gasteiger partial charge in [-0.1, -0.05) is 30.3 Å². The van der Waals surface area contributed by atoms with Crippen molar-refractivity contribution in [3.63, 3.8) is 0 Å². The summed E-state index contributed by atoms with van der Waals surface area (Å²) in [5.41, 5.74) is 0.557. The van der Waals surface area contributed by atoms with Gasteiger partial charge in [0.05, 0.1) is 18.8 Å². The summed E-state index contributed by atoms with van der Waals surface area (Å²) in [5.74, 6) is -1.08. The number of hydrogen-bond acceptors (Lipinski definition) is 7. The monoisotopic (exact) mass is 441 g/mol. The Labute approximate surface area is 183 Å². The minimum absolute atomic E-state index is 0.147. The molecule has 0 radical (unpaired) electrons. The lowest BCUT2D eigenvalue weighted by Gasteiger charge is -2.09. The van der Waals surface area contributed by atoms with Crippen LogP contribution < -0.4 is 10.1 Å². The molecule has 162 valence electrons. The lowest BCUT2D eigenvalue weighted by Crippen LogP contribution is -2.21. The fraction of sp³-hybridized carbons (Fsp3) is 0.261. The summed E-state index contributed by atoms with van der Waals surface area (Å²) in [6, 6.07) is 13.4. The van der Waals surface area contributed by atoms with E-state index < -0.39 is 17.8 Å². The van der Waals surface area contributed by atoms with E-state index >= 15 is 0 Å². The zero-order valence-corrected chi connectivity index (χ0v) is 18.3. The molecule has 0 aliphatic heterocycles. The van der Waals surface area contributed by atoms with E-state index in [2.05, 4.69) is 5.32 Å². The molecule has 0 saturated carbocycles. The molecule has 0 saturated heterocycles. The largest absolute Gasteiger partial charge is 0.484 e. The highest BCUT2D eigenvalue weighted by molar-refractivity contribution is 7.18. The molecule has 0 spiro atoms. The Kier molecular flexibility index (Phi) is 7.25. The van der Waals surface area contributed by atoms with Crippen molar-refractivity contribution in [1.82, 2.24) is 0 Å². The number of ether oxygens (including phenoxy) is 3. The molecule has 0 unspecified atom stereocenters. The van der Waals surface area contributed by atoms with Crippen molar-refractivity contribution in [2.24, 2.45) is 0 Å². The number of nitrogens with one attached hydrogen (secondary N) is 1. The van der Waals surface area contributed by atoms with Gasteiger partial charge in [0.1, 0.15) is 15.6 Å². The van der Waals surface area contributed by atoms with Crippen molar-refractivity contribution in [2.75, 3.05) is 25.1 Å². The smallest absolute Gasteiger partial charge is 0.348 e. The number of rotatable bonds is 8. The van der Waals surface area contributed by atoms with Crippen molar-refractivity contribution in [3.05, 3.63) is 58.5 Å². The van der Waals surface area contributed by atoms with Gasteiger partial charge in [0, 0.05) is 0 Å². The van der Waals surface area contributed by atoms with E-state index in [1.807, 2.05) is 36.4 Å². The van der Waals surface area contributed by atoms with E-state index in [1.54, 1.807) is 26.8 Å². The van der Waals surface area contributed by atoms with Crippen LogP contribution in [0, 0.1) is 6.92 Å². The average molecular weight is 442 g/mol. The van der Waals surface area contributed by atoms with Crippen LogP contribution in [-0.4, -0.2) is 37.7 Å². The fourth-order valence-electron chi connectivity index (χ4n) is 3.01. The van der Waals surface area contributed by atoms with Crippen LogP contribution in [0.5, 0.6) is 5.75 Å². The topological polar surface area (TPSA) is 90.9 Å². The molecular weight excluding hydrogens is 418 g/mol. The van der Waals surface area contributed by atoms with Crippen LogP contribution in [0.4, 0.5) is 5.00 Å². The van der Waals surface area contributed by atoms with Gasteiger partial charge in [-0.05, 0) is 49.2 Å². The lowest BCUT2D eigenvalue weighted by atomic mass is 10.1. The number of benzene rings is 2. The molecule has 0 aliphatic rings. The SMILES string of the molecule is CCOC(=O)c1sc(NC(=O)COc2ccc3ccccc3c2)c(C(=O)OCC)c1C. The highest BCUT2D eigenvalue weighted by Gasteiger charge is 2.27. The van der Waals surface area contributed by atoms with E-state index in [9.17, 15) is 14.4 Å². The first-order valence-corrected chi connectivity index (χ1v) is 10.6. The van der Waals surface area contributed by atoms with Gasteiger partial charge in [0.15, 0.2) is 6.61 Å². The third kappa shape index (κ3) is 5.21. The Balaban J connectivity index is 1.76. The molecule has 1 heterocycles. The van der Waals surface area contributed by atoms with Crippen molar-refractivity contribution in [1.29, 1.82) is 0 Å². The Bertz CT molecular complexity index is 1120. The van der Waals surface area contributed by atoms with E-state index in [1.165, 1.54) is 0 Å². The van der Waals surface area contributed by atoms with Crippen LogP contribution in [0.3, 0.4) is 0 Å². The van der Waals surface area contributed by atoms with Crippen LogP contribution in [0.1, 0.15) is 39.4 Å². The highest BCUT2D eigenvalue weighted by Crippen LogP contribution is 2.34. The standard InChI is InChI=1S/C23H23NO6S/c1-4-28-22(26)19-14(3)20(23(27)29-5-2)31-21(19)24-18(25)13-30-17-11-10-15-8-6-7-9-16(15)12-17/h6-12H,4-5,13H2,1-3H3,(H,24,25). The van der Waals surface area contributed by atoms with Gasteiger partial charge in [-0.25, -0.2) is 9.59 Å². The van der Waals surface area contributed by atoms with Gasteiger partial charge in [-0.2, -0.15) is 0 Å². The zero-order valence-electron chi connectivity index (χ0n) is 17.5. The van der Waals surface area contributed by atoms with E-state index in [-0.39, 0.29) is 35.3 Å². The van der Waals surface area contributed by atoms with Crippen molar-refractivity contribution >= 4 is 45.0 Å². The van der Waals surface area contributed by atoms with Gasteiger partial charge in [0.25, 0.3) is 5.91 Å². The van der Waals surface area contributed by atoms with Crippen LogP contribution in [-0.2, 0) is 14.3 Å². The van der Waals surface area contributed by atoms with E-state index in [0.29, 0.717) is 11.3 Å². The number of hydrogen-bond donors (Lipinski definition) is 1. The Morgan fingerprint density at radius 2 is 1.61 bits per heavy atom. The second kappa shape index (κ2) is 10.1. The Morgan fingerprint density at radius 3 is 2.32 bits per heavy atom. The van der Waals surface area contributed by atoms with Gasteiger partial charge in [-0.3, -0.25) is 4.79 Å². The summed E-state index contributed by atoms with van der Waals surface area (Å²) in [5, 5.41) is 4.96. The third-order valence-corrected chi connectivity index (χ3v) is 5.62. The maximum Gasteiger partial charge on any atom is 0.348 e. The maximum absolute atomic E-state index is 12.5. The summed E-state index contributed by atoms with van der Waals surface area (Å²) >= 11 is 0.977. The molecule has 0 atom stereocenters. The molecule has 3 aromatic rings. The third-order valence-electron chi connectivity index (χ3n) is 4.43. The molecule has 3 rings (SSSR count). The Hall–Kier alpha value is -3.39. The first kappa shape index (κ1) is 22.3. The predicted octanol–water partition coefficient (Wildman–Crippen LogP) is 4.58. The minimum Gasteiger partial charge on any atom is -0.484 e.